The Morgan fingerprint density at radius 1 is 1.07 bits per heavy atom. The van der Waals surface area contributed by atoms with Crippen molar-refractivity contribution in [3.8, 4) is 0 Å². The van der Waals surface area contributed by atoms with Crippen LogP contribution in [-0.4, -0.2) is 83.3 Å². The van der Waals surface area contributed by atoms with Gasteiger partial charge in [-0.1, -0.05) is 60.7 Å². The fraction of sp³-hybridized carbons (Fsp3) is 0.500. The lowest BCUT2D eigenvalue weighted by Gasteiger charge is -2.35. The fourth-order valence-electron chi connectivity index (χ4n) is 4.88. The van der Waals surface area contributed by atoms with Gasteiger partial charge in [0.1, 0.15) is 18.4 Å². The molecule has 2 amide bonds. The molecule has 2 aliphatic heterocycles. The fourth-order valence-corrected chi connectivity index (χ4v) is 4.88. The topological polar surface area (TPSA) is 133 Å². The van der Waals surface area contributed by atoms with Crippen LogP contribution in [0.4, 0.5) is 0 Å². The predicted molar refractivity (Wildman–Crippen MR) is 154 cm³/mol. The van der Waals surface area contributed by atoms with Crippen molar-refractivity contribution < 1.29 is 19.4 Å². The number of likely N-dealkylation sites (tertiary alicyclic amines) is 1. The summed E-state index contributed by atoms with van der Waals surface area (Å²) >= 11 is 0. The molecule has 4 rings (SSSR count). The van der Waals surface area contributed by atoms with Gasteiger partial charge >= 0.3 is 0 Å². The van der Waals surface area contributed by atoms with E-state index in [9.17, 15) is 14.7 Å². The van der Waals surface area contributed by atoms with Crippen molar-refractivity contribution in [2.75, 3.05) is 26.2 Å². The lowest BCUT2D eigenvalue weighted by molar-refractivity contribution is -0.136. The van der Waals surface area contributed by atoms with Gasteiger partial charge in [-0.2, -0.15) is 0 Å². The maximum absolute atomic E-state index is 13.7. The Hall–Kier alpha value is -3.31. The van der Waals surface area contributed by atoms with Crippen LogP contribution in [0.2, 0.25) is 0 Å². The second-order valence-corrected chi connectivity index (χ2v) is 11.1. The second-order valence-electron chi connectivity index (χ2n) is 11.1. The van der Waals surface area contributed by atoms with Crippen molar-refractivity contribution in [1.29, 1.82) is 0 Å². The molecule has 216 valence electrons. The molecule has 0 aromatic heterocycles. The largest absolute Gasteiger partial charge is 0.376 e. The first kappa shape index (κ1) is 29.7. The molecule has 0 saturated carbocycles. The SMILES string of the molecule is CC(C)(N)C(=O)NC(COCc1ccccc1)[C@@H](O)N[C@@H]1CN(C(C(=O)N2CCCCC2)c2ccccc2)C=N1. The molecule has 4 atom stereocenters. The van der Waals surface area contributed by atoms with Crippen molar-refractivity contribution in [2.24, 2.45) is 10.7 Å². The summed E-state index contributed by atoms with van der Waals surface area (Å²) in [7, 11) is 0. The first-order valence-electron chi connectivity index (χ1n) is 14.0. The van der Waals surface area contributed by atoms with Crippen LogP contribution in [0.5, 0.6) is 0 Å². The Labute approximate surface area is 236 Å². The van der Waals surface area contributed by atoms with Gasteiger partial charge in [0.15, 0.2) is 0 Å². The summed E-state index contributed by atoms with van der Waals surface area (Å²) in [5.41, 5.74) is 6.74. The van der Waals surface area contributed by atoms with Crippen LogP contribution in [-0.2, 0) is 20.9 Å². The number of aliphatic hydroxyl groups is 1. The highest BCUT2D eigenvalue weighted by atomic mass is 16.5. The molecule has 0 aliphatic carbocycles. The average molecular weight is 551 g/mol. The number of amides is 2. The number of benzene rings is 2. The summed E-state index contributed by atoms with van der Waals surface area (Å²) in [6.45, 7) is 5.50. The minimum absolute atomic E-state index is 0.0585. The lowest BCUT2D eigenvalue weighted by Crippen LogP contribution is -2.60. The molecule has 1 fully saturated rings. The van der Waals surface area contributed by atoms with Crippen LogP contribution < -0.4 is 16.4 Å². The molecule has 2 aliphatic rings. The average Bonchev–Trinajstić information content (AvgIpc) is 3.41. The Bertz CT molecular complexity index is 1120. The lowest BCUT2D eigenvalue weighted by atomic mass is 10.0. The number of carbonyl (C=O) groups excluding carboxylic acids is 2. The zero-order valence-electron chi connectivity index (χ0n) is 23.4. The molecule has 2 heterocycles. The number of hydrogen-bond donors (Lipinski definition) is 4. The molecule has 1 saturated heterocycles. The van der Waals surface area contributed by atoms with Crippen molar-refractivity contribution in [2.45, 2.75) is 69.7 Å². The van der Waals surface area contributed by atoms with Crippen LogP contribution in [0.25, 0.3) is 0 Å². The molecule has 10 nitrogen and oxygen atoms in total. The molecule has 2 unspecified atom stereocenters. The van der Waals surface area contributed by atoms with Crippen molar-refractivity contribution in [3.63, 3.8) is 0 Å². The summed E-state index contributed by atoms with van der Waals surface area (Å²) in [5, 5.41) is 17.0. The van der Waals surface area contributed by atoms with E-state index < -0.39 is 35.9 Å². The Balaban J connectivity index is 1.41. The van der Waals surface area contributed by atoms with Crippen LogP contribution in [0.1, 0.15) is 50.3 Å². The Morgan fingerprint density at radius 2 is 1.73 bits per heavy atom. The monoisotopic (exact) mass is 550 g/mol. The van der Waals surface area contributed by atoms with Gasteiger partial charge in [-0.15, -0.1) is 0 Å². The van der Waals surface area contributed by atoms with E-state index >= 15 is 0 Å². The number of rotatable bonds is 12. The number of ether oxygens (including phenoxy) is 1. The highest BCUT2D eigenvalue weighted by molar-refractivity contribution is 5.86. The molecular formula is C30H42N6O4. The normalized spacial score (nSPS) is 19.8. The van der Waals surface area contributed by atoms with E-state index in [1.807, 2.05) is 70.5 Å². The van der Waals surface area contributed by atoms with Crippen molar-refractivity contribution in [3.05, 3.63) is 71.8 Å². The van der Waals surface area contributed by atoms with E-state index in [1.165, 1.54) is 0 Å². The molecule has 0 spiro atoms. The number of aliphatic imine (C=N–C) groups is 1. The van der Waals surface area contributed by atoms with Gasteiger partial charge in [-0.25, -0.2) is 0 Å². The van der Waals surface area contributed by atoms with E-state index in [2.05, 4.69) is 15.6 Å². The third kappa shape index (κ3) is 8.11. The second kappa shape index (κ2) is 13.8. The quantitative estimate of drug-likeness (QED) is 0.296. The highest BCUT2D eigenvalue weighted by Gasteiger charge is 2.36. The number of aliphatic hydroxyl groups excluding tert-OH is 1. The molecular weight excluding hydrogens is 508 g/mol. The van der Waals surface area contributed by atoms with Gasteiger partial charge in [0.2, 0.25) is 11.8 Å². The summed E-state index contributed by atoms with van der Waals surface area (Å²) in [6.07, 6.45) is 3.18. The third-order valence-electron chi connectivity index (χ3n) is 7.18. The molecule has 40 heavy (non-hydrogen) atoms. The molecule has 10 heteroatoms. The summed E-state index contributed by atoms with van der Waals surface area (Å²) in [4.78, 5) is 34.7. The van der Waals surface area contributed by atoms with Gasteiger partial charge in [0.25, 0.3) is 0 Å². The number of nitrogens with one attached hydrogen (secondary N) is 2. The van der Waals surface area contributed by atoms with E-state index in [0.29, 0.717) is 13.2 Å². The van der Waals surface area contributed by atoms with Gasteiger partial charge < -0.3 is 30.7 Å². The molecule has 2 aromatic carbocycles. The number of hydrogen-bond acceptors (Lipinski definition) is 8. The first-order chi connectivity index (χ1) is 19.2. The molecule has 0 bridgehead atoms. The van der Waals surface area contributed by atoms with Crippen molar-refractivity contribution >= 4 is 18.2 Å². The van der Waals surface area contributed by atoms with Gasteiger partial charge in [-0.3, -0.25) is 19.9 Å². The first-order valence-corrected chi connectivity index (χ1v) is 14.0. The summed E-state index contributed by atoms with van der Waals surface area (Å²) < 4.78 is 5.84. The smallest absolute Gasteiger partial charge is 0.249 e. The van der Waals surface area contributed by atoms with E-state index in [4.69, 9.17) is 10.5 Å². The number of piperidine rings is 1. The number of nitrogens with two attached hydrogens (primary N) is 1. The summed E-state index contributed by atoms with van der Waals surface area (Å²) in [6, 6.07) is 18.1. The van der Waals surface area contributed by atoms with Crippen LogP contribution in [0.3, 0.4) is 0 Å². The zero-order valence-corrected chi connectivity index (χ0v) is 23.4. The van der Waals surface area contributed by atoms with Crippen LogP contribution in [0.15, 0.2) is 65.7 Å². The van der Waals surface area contributed by atoms with Crippen molar-refractivity contribution in [1.82, 2.24) is 20.4 Å². The highest BCUT2D eigenvalue weighted by Crippen LogP contribution is 2.26. The van der Waals surface area contributed by atoms with Gasteiger partial charge in [0, 0.05) is 13.1 Å². The Kier molecular flexibility index (Phi) is 10.3. The minimum Gasteiger partial charge on any atom is -0.376 e. The van der Waals surface area contributed by atoms with Gasteiger partial charge in [0.05, 0.1) is 37.7 Å². The molecule has 5 N–H and O–H groups in total. The van der Waals surface area contributed by atoms with E-state index in [-0.39, 0.29) is 12.5 Å². The maximum Gasteiger partial charge on any atom is 0.249 e. The van der Waals surface area contributed by atoms with Gasteiger partial charge in [-0.05, 0) is 44.2 Å². The number of carbonyl (C=O) groups is 2. The Morgan fingerprint density at radius 3 is 2.38 bits per heavy atom. The molecule has 2 aromatic rings. The number of nitrogens with zero attached hydrogens (tertiary/aromatic N) is 3. The van der Waals surface area contributed by atoms with E-state index in [0.717, 1.165) is 43.5 Å². The maximum atomic E-state index is 13.7. The molecule has 0 radical (unpaired) electrons. The van der Waals surface area contributed by atoms with Crippen LogP contribution >= 0.6 is 0 Å². The van der Waals surface area contributed by atoms with E-state index in [1.54, 1.807) is 20.2 Å². The predicted octanol–water partition coefficient (Wildman–Crippen LogP) is 1.76. The zero-order chi connectivity index (χ0) is 28.5. The standard InChI is InChI=1S/C30H42N6O4/c1-30(2,31)29(39)33-24(20-40-19-22-12-6-3-7-13-22)27(37)34-25-18-36(21-32-25)26(23-14-8-4-9-15-23)28(38)35-16-10-5-11-17-35/h3-4,6-9,12-15,21,24-27,34,37H,5,10-11,16-20,31H2,1-2H3,(H,33,39)/t24?,25-,26?,27-/m1/s1. The third-order valence-corrected chi connectivity index (χ3v) is 7.18. The summed E-state index contributed by atoms with van der Waals surface area (Å²) in [5.74, 6) is -0.349. The minimum atomic E-state index is -1.17. The van der Waals surface area contributed by atoms with Crippen LogP contribution in [0, 0.1) is 0 Å².